The molecule has 0 unspecified atom stereocenters. The van der Waals surface area contributed by atoms with Gasteiger partial charge in [0.05, 0.1) is 10.4 Å². The van der Waals surface area contributed by atoms with E-state index in [9.17, 15) is 17.6 Å². The second kappa shape index (κ2) is 5.64. The van der Waals surface area contributed by atoms with Crippen LogP contribution in [-0.2, 0) is 16.6 Å². The van der Waals surface area contributed by atoms with Gasteiger partial charge in [0.2, 0.25) is 10.0 Å². The van der Waals surface area contributed by atoms with Crippen LogP contribution in [-0.4, -0.2) is 13.4 Å². The third kappa shape index (κ3) is 3.17. The van der Waals surface area contributed by atoms with Gasteiger partial charge < -0.3 is 4.42 Å². The van der Waals surface area contributed by atoms with Crippen molar-refractivity contribution in [3.63, 3.8) is 0 Å². The minimum absolute atomic E-state index is 0.00865. The largest absolute Gasteiger partial charge is 0.417 e. The Kier molecular flexibility index (Phi) is 3.78. The van der Waals surface area contributed by atoms with Crippen molar-refractivity contribution in [3.05, 3.63) is 63.9 Å². The third-order valence-electron chi connectivity index (χ3n) is 3.39. The molecule has 0 aliphatic carbocycles. The van der Waals surface area contributed by atoms with E-state index < -0.39 is 21.6 Å². The molecular weight excluding hydrogens is 323 g/mol. The van der Waals surface area contributed by atoms with E-state index in [2.05, 4.69) is 9.71 Å². The smallest absolute Gasteiger partial charge is 0.408 e. The summed E-state index contributed by atoms with van der Waals surface area (Å²) in [4.78, 5) is 13.6. The maximum atomic E-state index is 13.2. The first-order valence-electron chi connectivity index (χ1n) is 6.73. The van der Waals surface area contributed by atoms with Crippen LogP contribution in [0.1, 0.15) is 11.1 Å². The monoisotopic (exact) mass is 336 g/mol. The normalized spacial score (nSPS) is 11.9. The molecule has 0 amide bonds. The summed E-state index contributed by atoms with van der Waals surface area (Å²) < 4.78 is 45.0. The quantitative estimate of drug-likeness (QED) is 0.763. The lowest BCUT2D eigenvalue weighted by molar-refractivity contribution is 0.554. The zero-order chi connectivity index (χ0) is 16.6. The summed E-state index contributed by atoms with van der Waals surface area (Å²) in [5.41, 5.74) is 1.77. The van der Waals surface area contributed by atoms with Gasteiger partial charge in [-0.1, -0.05) is 6.07 Å². The van der Waals surface area contributed by atoms with Gasteiger partial charge in [0.25, 0.3) is 0 Å². The molecule has 0 aliphatic heterocycles. The number of H-pyrrole nitrogens is 1. The Hall–Kier alpha value is -2.45. The number of benzene rings is 2. The fourth-order valence-electron chi connectivity index (χ4n) is 2.15. The highest BCUT2D eigenvalue weighted by Crippen LogP contribution is 2.16. The van der Waals surface area contributed by atoms with Crippen molar-refractivity contribution in [3.8, 4) is 0 Å². The Morgan fingerprint density at radius 3 is 2.74 bits per heavy atom. The van der Waals surface area contributed by atoms with E-state index in [-0.39, 0.29) is 17.0 Å². The van der Waals surface area contributed by atoms with E-state index >= 15 is 0 Å². The minimum atomic E-state index is -3.76. The van der Waals surface area contributed by atoms with Crippen LogP contribution in [0, 0.1) is 12.7 Å². The number of halogens is 1. The SMILES string of the molecule is Cc1cc(S(=O)(=O)NCc2ccc3[nH]c(=O)oc3c2)ccc1F. The van der Waals surface area contributed by atoms with E-state index in [1.165, 1.54) is 19.1 Å². The number of fused-ring (bicyclic) bond motifs is 1. The predicted molar refractivity (Wildman–Crippen MR) is 82.0 cm³/mol. The van der Waals surface area contributed by atoms with E-state index in [0.29, 0.717) is 16.7 Å². The lowest BCUT2D eigenvalue weighted by atomic mass is 10.2. The summed E-state index contributed by atoms with van der Waals surface area (Å²) in [5, 5.41) is 0. The lowest BCUT2D eigenvalue weighted by Crippen LogP contribution is -2.23. The van der Waals surface area contributed by atoms with Gasteiger partial charge in [0.15, 0.2) is 5.58 Å². The summed E-state index contributed by atoms with van der Waals surface area (Å²) >= 11 is 0. The number of sulfonamides is 1. The molecule has 3 rings (SSSR count). The van der Waals surface area contributed by atoms with Crippen molar-refractivity contribution in [1.29, 1.82) is 0 Å². The first-order valence-corrected chi connectivity index (χ1v) is 8.21. The van der Waals surface area contributed by atoms with E-state index in [4.69, 9.17) is 4.42 Å². The van der Waals surface area contributed by atoms with Crippen molar-refractivity contribution in [2.24, 2.45) is 0 Å². The molecule has 1 aromatic heterocycles. The Bertz CT molecular complexity index is 1040. The van der Waals surface area contributed by atoms with E-state index in [1.807, 2.05) is 0 Å². The van der Waals surface area contributed by atoms with Crippen LogP contribution in [0.5, 0.6) is 0 Å². The highest BCUT2D eigenvalue weighted by molar-refractivity contribution is 7.89. The molecule has 0 saturated carbocycles. The summed E-state index contributed by atoms with van der Waals surface area (Å²) in [6.07, 6.45) is 0. The summed E-state index contributed by atoms with van der Waals surface area (Å²) in [6.45, 7) is 1.51. The Morgan fingerprint density at radius 1 is 1.22 bits per heavy atom. The van der Waals surface area contributed by atoms with E-state index in [0.717, 1.165) is 6.07 Å². The van der Waals surface area contributed by atoms with Crippen LogP contribution in [0.2, 0.25) is 0 Å². The molecular formula is C15H13FN2O4S. The van der Waals surface area contributed by atoms with Gasteiger partial charge in [0.1, 0.15) is 5.82 Å². The Balaban J connectivity index is 1.82. The van der Waals surface area contributed by atoms with Crippen LogP contribution in [0.25, 0.3) is 11.1 Å². The van der Waals surface area contributed by atoms with Crippen LogP contribution in [0.3, 0.4) is 0 Å². The van der Waals surface area contributed by atoms with Gasteiger partial charge in [-0.25, -0.2) is 22.3 Å². The molecule has 2 aromatic carbocycles. The zero-order valence-electron chi connectivity index (χ0n) is 12.1. The van der Waals surface area contributed by atoms with Gasteiger partial charge in [-0.3, -0.25) is 4.98 Å². The van der Waals surface area contributed by atoms with Crippen molar-refractivity contribution in [2.45, 2.75) is 18.4 Å². The molecule has 8 heteroatoms. The van der Waals surface area contributed by atoms with Crippen molar-refractivity contribution in [1.82, 2.24) is 9.71 Å². The lowest BCUT2D eigenvalue weighted by Gasteiger charge is -2.08. The first-order chi connectivity index (χ1) is 10.8. The molecule has 1 heterocycles. The van der Waals surface area contributed by atoms with Gasteiger partial charge in [0, 0.05) is 6.54 Å². The van der Waals surface area contributed by atoms with E-state index in [1.54, 1.807) is 18.2 Å². The molecule has 120 valence electrons. The molecule has 6 nitrogen and oxygen atoms in total. The van der Waals surface area contributed by atoms with Crippen molar-refractivity contribution < 1.29 is 17.2 Å². The summed E-state index contributed by atoms with van der Waals surface area (Å²) in [5.74, 6) is -1.03. The Morgan fingerprint density at radius 2 is 2.00 bits per heavy atom. The van der Waals surface area contributed by atoms with Gasteiger partial charge in [-0.15, -0.1) is 0 Å². The van der Waals surface area contributed by atoms with Crippen LogP contribution >= 0.6 is 0 Å². The highest BCUT2D eigenvalue weighted by Gasteiger charge is 2.15. The van der Waals surface area contributed by atoms with Crippen LogP contribution < -0.4 is 10.5 Å². The molecule has 0 radical (unpaired) electrons. The average Bonchev–Trinajstić information content (AvgIpc) is 2.87. The minimum Gasteiger partial charge on any atom is -0.408 e. The number of aryl methyl sites for hydroxylation is 1. The first kappa shape index (κ1) is 15.4. The van der Waals surface area contributed by atoms with Crippen LogP contribution in [0.4, 0.5) is 4.39 Å². The molecule has 0 spiro atoms. The molecule has 0 fully saturated rings. The average molecular weight is 336 g/mol. The number of aromatic amines is 1. The number of rotatable bonds is 4. The van der Waals surface area contributed by atoms with Gasteiger partial charge in [-0.2, -0.15) is 0 Å². The topological polar surface area (TPSA) is 92.2 Å². The molecule has 23 heavy (non-hydrogen) atoms. The molecule has 0 bridgehead atoms. The second-order valence-electron chi connectivity index (χ2n) is 5.08. The number of hydrogen-bond acceptors (Lipinski definition) is 4. The zero-order valence-corrected chi connectivity index (χ0v) is 12.9. The molecule has 0 saturated heterocycles. The van der Waals surface area contributed by atoms with Crippen molar-refractivity contribution >= 4 is 21.1 Å². The number of aromatic nitrogens is 1. The molecule has 0 atom stereocenters. The highest BCUT2D eigenvalue weighted by atomic mass is 32.2. The fraction of sp³-hybridized carbons (Fsp3) is 0.133. The van der Waals surface area contributed by atoms with Crippen molar-refractivity contribution in [2.75, 3.05) is 0 Å². The molecule has 3 aromatic rings. The fourth-order valence-corrected chi connectivity index (χ4v) is 3.25. The maximum Gasteiger partial charge on any atom is 0.417 e. The standard InChI is InChI=1S/C15H13FN2O4S/c1-9-6-11(3-4-12(9)16)23(20,21)17-8-10-2-5-13-14(7-10)22-15(19)18-13/h2-7,17H,8H2,1H3,(H,18,19). The maximum absolute atomic E-state index is 13.2. The number of nitrogens with one attached hydrogen (secondary N) is 2. The van der Waals surface area contributed by atoms with Gasteiger partial charge in [-0.05, 0) is 48.4 Å². The number of hydrogen-bond donors (Lipinski definition) is 2. The third-order valence-corrected chi connectivity index (χ3v) is 4.79. The second-order valence-corrected chi connectivity index (χ2v) is 6.85. The predicted octanol–water partition coefficient (Wildman–Crippen LogP) is 2.05. The molecule has 2 N–H and O–H groups in total. The Labute approximate surface area is 131 Å². The summed E-state index contributed by atoms with van der Waals surface area (Å²) in [6, 6.07) is 8.47. The van der Waals surface area contributed by atoms with Gasteiger partial charge >= 0.3 is 5.76 Å². The van der Waals surface area contributed by atoms with Crippen LogP contribution in [0.15, 0.2) is 50.5 Å². The number of oxazole rings is 1. The summed E-state index contributed by atoms with van der Waals surface area (Å²) in [7, 11) is -3.76. The molecule has 0 aliphatic rings.